The molecule has 1 aliphatic rings. The molecule has 0 saturated heterocycles. The van der Waals surface area contributed by atoms with Crippen molar-refractivity contribution in [3.05, 3.63) is 11.6 Å². The molecule has 1 aliphatic carbocycles. The molecule has 0 aromatic rings. The molecule has 0 heteroatoms. The summed E-state index contributed by atoms with van der Waals surface area (Å²) in [7, 11) is 0. The lowest BCUT2D eigenvalue weighted by molar-refractivity contribution is 0.217. The van der Waals surface area contributed by atoms with Crippen LogP contribution >= 0.6 is 0 Å². The smallest absolute Gasteiger partial charge is 0.0269 e. The Bertz CT molecular complexity index is 151. The summed E-state index contributed by atoms with van der Waals surface area (Å²) in [6.45, 7) is 9.33. The summed E-state index contributed by atoms with van der Waals surface area (Å²) >= 11 is 0. The third-order valence-electron chi connectivity index (χ3n) is 2.89. The summed E-state index contributed by atoms with van der Waals surface area (Å²) in [4.78, 5) is 0. The van der Waals surface area contributed by atoms with Crippen LogP contribution < -0.4 is 0 Å². The van der Waals surface area contributed by atoms with Crippen molar-refractivity contribution in [2.75, 3.05) is 0 Å². The lowest BCUT2D eigenvalue weighted by Crippen LogP contribution is -2.24. The summed E-state index contributed by atoms with van der Waals surface area (Å²) in [5, 5.41) is 0. The molecular formula is C10H18. The van der Waals surface area contributed by atoms with Gasteiger partial charge in [0.1, 0.15) is 0 Å². The molecular weight excluding hydrogens is 120 g/mol. The van der Waals surface area contributed by atoms with E-state index in [0.717, 1.165) is 5.92 Å². The molecule has 0 aromatic heterocycles. The number of hydrogen-bond donors (Lipinski definition) is 0. The average molecular weight is 138 g/mol. The molecule has 0 bridgehead atoms. The third-order valence-corrected chi connectivity index (χ3v) is 2.89. The van der Waals surface area contributed by atoms with Crippen LogP contribution in [0.1, 0.15) is 40.5 Å². The molecule has 0 nitrogen and oxygen atoms in total. The topological polar surface area (TPSA) is 0 Å². The van der Waals surface area contributed by atoms with E-state index in [2.05, 4.69) is 33.8 Å². The largest absolute Gasteiger partial charge is 0.0853 e. The van der Waals surface area contributed by atoms with Crippen LogP contribution in [0.2, 0.25) is 0 Å². The van der Waals surface area contributed by atoms with Crippen LogP contribution in [0.4, 0.5) is 0 Å². The van der Waals surface area contributed by atoms with Crippen molar-refractivity contribution in [1.82, 2.24) is 0 Å². The molecule has 10 heavy (non-hydrogen) atoms. The fourth-order valence-corrected chi connectivity index (χ4v) is 1.66. The number of allylic oxidation sites excluding steroid dienone is 2. The van der Waals surface area contributed by atoms with Gasteiger partial charge in [-0.15, -0.1) is 0 Å². The van der Waals surface area contributed by atoms with Crippen LogP contribution in [0.15, 0.2) is 11.6 Å². The van der Waals surface area contributed by atoms with Gasteiger partial charge in [0.2, 0.25) is 0 Å². The van der Waals surface area contributed by atoms with Crippen molar-refractivity contribution in [3.63, 3.8) is 0 Å². The van der Waals surface area contributed by atoms with E-state index in [1.807, 2.05) is 0 Å². The van der Waals surface area contributed by atoms with Gasteiger partial charge in [-0.25, -0.2) is 0 Å². The lowest BCUT2D eigenvalue weighted by atomic mass is 9.70. The molecule has 0 saturated carbocycles. The van der Waals surface area contributed by atoms with E-state index >= 15 is 0 Å². The minimum atomic E-state index is 0.541. The quantitative estimate of drug-likeness (QED) is 0.450. The van der Waals surface area contributed by atoms with E-state index in [-0.39, 0.29) is 0 Å². The Labute approximate surface area is 64.3 Å². The summed E-state index contributed by atoms with van der Waals surface area (Å²) in [5.41, 5.74) is 2.11. The van der Waals surface area contributed by atoms with Gasteiger partial charge >= 0.3 is 0 Å². The van der Waals surface area contributed by atoms with Crippen LogP contribution in [0.5, 0.6) is 0 Å². The van der Waals surface area contributed by atoms with Crippen LogP contribution in [-0.4, -0.2) is 0 Å². The standard InChI is InChI=1S/C10H18/c1-8-5-6-9(2)10(3,4)7-8/h5,9H,6-7H2,1-4H3/t9-/m1/s1. The van der Waals surface area contributed by atoms with E-state index in [1.54, 1.807) is 5.57 Å². The summed E-state index contributed by atoms with van der Waals surface area (Å²) in [6, 6.07) is 0. The molecule has 1 atom stereocenters. The van der Waals surface area contributed by atoms with Crippen LogP contribution in [0, 0.1) is 11.3 Å². The predicted molar refractivity (Wildman–Crippen MR) is 45.9 cm³/mol. The maximum Gasteiger partial charge on any atom is -0.0269 e. The van der Waals surface area contributed by atoms with E-state index in [4.69, 9.17) is 0 Å². The molecule has 0 spiro atoms. The van der Waals surface area contributed by atoms with Gasteiger partial charge in [-0.2, -0.15) is 0 Å². The third kappa shape index (κ3) is 1.42. The molecule has 0 amide bonds. The lowest BCUT2D eigenvalue weighted by Gasteiger charge is -2.35. The molecule has 0 aromatic carbocycles. The van der Waals surface area contributed by atoms with Crippen LogP contribution in [0.3, 0.4) is 0 Å². The van der Waals surface area contributed by atoms with Crippen molar-refractivity contribution in [2.45, 2.75) is 40.5 Å². The van der Waals surface area contributed by atoms with Crippen LogP contribution in [0.25, 0.3) is 0 Å². The Balaban J connectivity index is 2.72. The predicted octanol–water partition coefficient (Wildman–Crippen LogP) is 3.39. The molecule has 0 radical (unpaired) electrons. The van der Waals surface area contributed by atoms with Crippen molar-refractivity contribution < 1.29 is 0 Å². The van der Waals surface area contributed by atoms with Crippen molar-refractivity contribution in [2.24, 2.45) is 11.3 Å². The Morgan fingerprint density at radius 3 is 2.50 bits per heavy atom. The number of hydrogen-bond acceptors (Lipinski definition) is 0. The van der Waals surface area contributed by atoms with Gasteiger partial charge in [0.05, 0.1) is 0 Å². The van der Waals surface area contributed by atoms with Gasteiger partial charge in [0.25, 0.3) is 0 Å². The highest BCUT2D eigenvalue weighted by molar-refractivity contribution is 5.07. The molecule has 0 heterocycles. The van der Waals surface area contributed by atoms with Crippen molar-refractivity contribution in [3.8, 4) is 0 Å². The first-order chi connectivity index (χ1) is 4.52. The van der Waals surface area contributed by atoms with Gasteiger partial charge in [-0.05, 0) is 31.1 Å². The van der Waals surface area contributed by atoms with Gasteiger partial charge in [-0.3, -0.25) is 0 Å². The first-order valence-electron chi connectivity index (χ1n) is 4.18. The maximum absolute atomic E-state index is 2.38. The first-order valence-corrected chi connectivity index (χ1v) is 4.18. The van der Waals surface area contributed by atoms with Gasteiger partial charge in [-0.1, -0.05) is 32.4 Å². The number of rotatable bonds is 0. The zero-order chi connectivity index (χ0) is 7.78. The first kappa shape index (κ1) is 7.84. The van der Waals surface area contributed by atoms with Crippen molar-refractivity contribution >= 4 is 0 Å². The van der Waals surface area contributed by atoms with E-state index in [0.29, 0.717) is 5.41 Å². The highest BCUT2D eigenvalue weighted by atomic mass is 14.3. The Hall–Kier alpha value is -0.260. The summed E-state index contributed by atoms with van der Waals surface area (Å²) in [6.07, 6.45) is 4.95. The minimum absolute atomic E-state index is 0.541. The SMILES string of the molecule is CC1=CC[C@@H](C)C(C)(C)C1. The Morgan fingerprint density at radius 1 is 1.50 bits per heavy atom. The minimum Gasteiger partial charge on any atom is -0.0853 e. The zero-order valence-electron chi connectivity index (χ0n) is 7.57. The van der Waals surface area contributed by atoms with Crippen LogP contribution in [-0.2, 0) is 0 Å². The fourth-order valence-electron chi connectivity index (χ4n) is 1.66. The van der Waals surface area contributed by atoms with E-state index in [1.165, 1.54) is 12.8 Å². The highest BCUT2D eigenvalue weighted by Crippen LogP contribution is 2.39. The molecule has 0 fully saturated rings. The second-order valence-corrected chi connectivity index (χ2v) is 4.35. The zero-order valence-corrected chi connectivity index (χ0v) is 7.57. The normalized spacial score (nSPS) is 31.6. The van der Waals surface area contributed by atoms with Crippen molar-refractivity contribution in [1.29, 1.82) is 0 Å². The monoisotopic (exact) mass is 138 g/mol. The van der Waals surface area contributed by atoms with Gasteiger partial charge in [0.15, 0.2) is 0 Å². The van der Waals surface area contributed by atoms with Gasteiger partial charge in [0, 0.05) is 0 Å². The van der Waals surface area contributed by atoms with E-state index < -0.39 is 0 Å². The van der Waals surface area contributed by atoms with Gasteiger partial charge < -0.3 is 0 Å². The van der Waals surface area contributed by atoms with E-state index in [9.17, 15) is 0 Å². The highest BCUT2D eigenvalue weighted by Gasteiger charge is 2.27. The molecule has 0 unspecified atom stereocenters. The summed E-state index contributed by atoms with van der Waals surface area (Å²) in [5.74, 6) is 0.858. The fraction of sp³-hybridized carbons (Fsp3) is 0.800. The maximum atomic E-state index is 2.38. The Morgan fingerprint density at radius 2 is 2.10 bits per heavy atom. The second kappa shape index (κ2) is 2.41. The summed E-state index contributed by atoms with van der Waals surface area (Å²) < 4.78 is 0. The average Bonchev–Trinajstić information content (AvgIpc) is 1.78. The molecule has 1 rings (SSSR count). The second-order valence-electron chi connectivity index (χ2n) is 4.35. The molecule has 58 valence electrons. The Kier molecular flexibility index (Phi) is 1.89. The molecule has 0 N–H and O–H groups in total. The molecule has 0 aliphatic heterocycles.